The number of nitrogens with zero attached hydrogens (tertiary/aromatic N) is 3. The van der Waals surface area contributed by atoms with Gasteiger partial charge in [-0.2, -0.15) is 0 Å². The van der Waals surface area contributed by atoms with E-state index in [4.69, 9.17) is 5.11 Å². The van der Waals surface area contributed by atoms with Gasteiger partial charge in [0.25, 0.3) is 0 Å². The third-order valence-electron chi connectivity index (χ3n) is 3.40. The Kier molecular flexibility index (Phi) is 3.89. The van der Waals surface area contributed by atoms with Gasteiger partial charge in [0.1, 0.15) is 12.4 Å². The molecule has 6 heteroatoms. The summed E-state index contributed by atoms with van der Waals surface area (Å²) in [5, 5.41) is 13.3. The van der Waals surface area contributed by atoms with E-state index in [2.05, 4.69) is 10.1 Å². The van der Waals surface area contributed by atoms with Crippen LogP contribution in [-0.2, 0) is 11.3 Å². The zero-order valence-electron chi connectivity index (χ0n) is 12.4. The van der Waals surface area contributed by atoms with Gasteiger partial charge in [0.2, 0.25) is 0 Å². The Hall–Kier alpha value is -3.02. The van der Waals surface area contributed by atoms with Crippen LogP contribution in [0.2, 0.25) is 0 Å². The Balaban J connectivity index is 2.12. The lowest BCUT2D eigenvalue weighted by Gasteiger charge is -2.04. The smallest absolute Gasteiger partial charge is 0.325 e. The highest BCUT2D eigenvalue weighted by Crippen LogP contribution is 2.24. The predicted octanol–water partition coefficient (Wildman–Crippen LogP) is 3.14. The van der Waals surface area contributed by atoms with Crippen LogP contribution in [0.4, 0.5) is 4.39 Å². The minimum Gasteiger partial charge on any atom is -0.480 e. The van der Waals surface area contributed by atoms with Crippen molar-refractivity contribution in [3.8, 4) is 22.8 Å². The van der Waals surface area contributed by atoms with Crippen molar-refractivity contribution < 1.29 is 14.3 Å². The van der Waals surface area contributed by atoms with Crippen LogP contribution in [0.15, 0.2) is 48.5 Å². The van der Waals surface area contributed by atoms with E-state index >= 15 is 0 Å². The number of carbonyl (C=O) groups is 1. The second-order valence-electron chi connectivity index (χ2n) is 5.14. The summed E-state index contributed by atoms with van der Waals surface area (Å²) in [6.45, 7) is 1.33. The molecule has 0 radical (unpaired) electrons. The number of carboxylic acid groups (broad SMARTS) is 1. The Labute approximate surface area is 132 Å². The molecular weight excluding hydrogens is 297 g/mol. The van der Waals surface area contributed by atoms with E-state index in [0.717, 1.165) is 5.56 Å². The number of halogens is 1. The monoisotopic (exact) mass is 311 g/mol. The van der Waals surface area contributed by atoms with Gasteiger partial charge in [-0.1, -0.05) is 30.3 Å². The van der Waals surface area contributed by atoms with Gasteiger partial charge in [-0.05, 0) is 30.7 Å². The highest BCUT2D eigenvalue weighted by molar-refractivity contribution is 5.69. The summed E-state index contributed by atoms with van der Waals surface area (Å²) in [5.74, 6) is -0.505. The van der Waals surface area contributed by atoms with Gasteiger partial charge >= 0.3 is 5.97 Å². The standard InChI is InChI=1S/C17H14FN3O2/c1-11-9-13(7-8-14(11)18)17-19-16(12-5-3-2-4-6-12)20-21(17)10-15(22)23/h2-9H,10H2,1H3,(H,22,23). The zero-order chi connectivity index (χ0) is 16.4. The number of carboxylic acids is 1. The number of rotatable bonds is 4. The number of aromatic nitrogens is 3. The molecule has 3 aromatic rings. The van der Waals surface area contributed by atoms with E-state index in [1.54, 1.807) is 19.1 Å². The topological polar surface area (TPSA) is 68.0 Å². The summed E-state index contributed by atoms with van der Waals surface area (Å²) in [6, 6.07) is 13.8. The normalized spacial score (nSPS) is 10.7. The highest BCUT2D eigenvalue weighted by Gasteiger charge is 2.16. The fraction of sp³-hybridized carbons (Fsp3) is 0.118. The molecular formula is C17H14FN3O2. The Morgan fingerprint density at radius 1 is 1.17 bits per heavy atom. The zero-order valence-corrected chi connectivity index (χ0v) is 12.4. The van der Waals surface area contributed by atoms with Crippen LogP contribution >= 0.6 is 0 Å². The van der Waals surface area contributed by atoms with Gasteiger partial charge in [0, 0.05) is 11.1 Å². The van der Waals surface area contributed by atoms with Crippen molar-refractivity contribution in [1.82, 2.24) is 14.8 Å². The third-order valence-corrected chi connectivity index (χ3v) is 3.40. The number of hydrogen-bond acceptors (Lipinski definition) is 3. The maximum atomic E-state index is 13.5. The van der Waals surface area contributed by atoms with E-state index in [1.807, 2.05) is 30.3 Å². The molecule has 0 spiro atoms. The van der Waals surface area contributed by atoms with Gasteiger partial charge in [-0.25, -0.2) is 14.1 Å². The first-order chi connectivity index (χ1) is 11.0. The average molecular weight is 311 g/mol. The first-order valence-corrected chi connectivity index (χ1v) is 7.03. The van der Waals surface area contributed by atoms with E-state index in [0.29, 0.717) is 22.8 Å². The van der Waals surface area contributed by atoms with Gasteiger partial charge in [-0.3, -0.25) is 4.79 Å². The molecule has 1 N–H and O–H groups in total. The number of hydrogen-bond donors (Lipinski definition) is 1. The van der Waals surface area contributed by atoms with Crippen LogP contribution in [0.5, 0.6) is 0 Å². The second kappa shape index (κ2) is 6.00. The molecule has 116 valence electrons. The Morgan fingerprint density at radius 3 is 2.57 bits per heavy atom. The molecule has 0 atom stereocenters. The van der Waals surface area contributed by atoms with Gasteiger partial charge in [0.05, 0.1) is 0 Å². The quantitative estimate of drug-likeness (QED) is 0.803. The largest absolute Gasteiger partial charge is 0.480 e. The summed E-state index contributed by atoms with van der Waals surface area (Å²) < 4.78 is 14.8. The van der Waals surface area contributed by atoms with Crippen LogP contribution in [0.25, 0.3) is 22.8 Å². The molecule has 2 aromatic carbocycles. The lowest BCUT2D eigenvalue weighted by Crippen LogP contribution is -2.11. The molecule has 0 aliphatic carbocycles. The molecule has 0 bridgehead atoms. The molecule has 0 saturated carbocycles. The maximum absolute atomic E-state index is 13.5. The molecule has 1 heterocycles. The Bertz CT molecular complexity index is 860. The molecule has 0 unspecified atom stereocenters. The first kappa shape index (κ1) is 14.9. The lowest BCUT2D eigenvalue weighted by molar-refractivity contribution is -0.137. The van der Waals surface area contributed by atoms with Crippen LogP contribution in [0, 0.1) is 12.7 Å². The number of aryl methyl sites for hydroxylation is 1. The van der Waals surface area contributed by atoms with E-state index in [-0.39, 0.29) is 12.4 Å². The second-order valence-corrected chi connectivity index (χ2v) is 5.14. The highest BCUT2D eigenvalue weighted by atomic mass is 19.1. The van der Waals surface area contributed by atoms with Crippen molar-refractivity contribution in [1.29, 1.82) is 0 Å². The van der Waals surface area contributed by atoms with Crippen molar-refractivity contribution in [2.24, 2.45) is 0 Å². The number of benzene rings is 2. The summed E-state index contributed by atoms with van der Waals surface area (Å²) in [5.41, 5.74) is 1.88. The molecule has 0 amide bonds. The van der Waals surface area contributed by atoms with Gasteiger partial charge < -0.3 is 5.11 Å². The molecule has 3 rings (SSSR count). The lowest BCUT2D eigenvalue weighted by atomic mass is 10.1. The van der Waals surface area contributed by atoms with E-state index in [9.17, 15) is 9.18 Å². The van der Waals surface area contributed by atoms with Crippen molar-refractivity contribution in [3.63, 3.8) is 0 Å². The molecule has 0 aliphatic rings. The molecule has 23 heavy (non-hydrogen) atoms. The minimum absolute atomic E-state index is 0.314. The third kappa shape index (κ3) is 3.11. The molecule has 5 nitrogen and oxygen atoms in total. The molecule has 0 saturated heterocycles. The molecule has 1 aromatic heterocycles. The van der Waals surface area contributed by atoms with Crippen molar-refractivity contribution in [2.75, 3.05) is 0 Å². The minimum atomic E-state index is -1.02. The molecule has 0 aliphatic heterocycles. The van der Waals surface area contributed by atoms with Crippen molar-refractivity contribution >= 4 is 5.97 Å². The van der Waals surface area contributed by atoms with E-state index in [1.165, 1.54) is 10.7 Å². The van der Waals surface area contributed by atoms with Gasteiger partial charge in [-0.15, -0.1) is 5.10 Å². The predicted molar refractivity (Wildman–Crippen MR) is 83.2 cm³/mol. The van der Waals surface area contributed by atoms with Crippen molar-refractivity contribution in [3.05, 3.63) is 59.9 Å². The van der Waals surface area contributed by atoms with Gasteiger partial charge in [0.15, 0.2) is 11.6 Å². The summed E-state index contributed by atoms with van der Waals surface area (Å²) in [7, 11) is 0. The first-order valence-electron chi connectivity index (χ1n) is 7.03. The number of aliphatic carboxylic acids is 1. The van der Waals surface area contributed by atoms with Crippen LogP contribution < -0.4 is 0 Å². The summed E-state index contributed by atoms with van der Waals surface area (Å²) in [6.07, 6.45) is 0. The fourth-order valence-electron chi connectivity index (χ4n) is 2.29. The van der Waals surface area contributed by atoms with Crippen molar-refractivity contribution in [2.45, 2.75) is 13.5 Å². The summed E-state index contributed by atoms with van der Waals surface area (Å²) >= 11 is 0. The van der Waals surface area contributed by atoms with Crippen LogP contribution in [-0.4, -0.2) is 25.8 Å². The average Bonchev–Trinajstić information content (AvgIpc) is 2.94. The SMILES string of the molecule is Cc1cc(-c2nc(-c3ccccc3)nn2CC(=O)O)ccc1F. The molecule has 0 fully saturated rings. The van der Waals surface area contributed by atoms with Crippen LogP contribution in [0.1, 0.15) is 5.56 Å². The summed E-state index contributed by atoms with van der Waals surface area (Å²) in [4.78, 5) is 15.5. The fourth-order valence-corrected chi connectivity index (χ4v) is 2.29. The maximum Gasteiger partial charge on any atom is 0.325 e. The Morgan fingerprint density at radius 2 is 1.91 bits per heavy atom. The van der Waals surface area contributed by atoms with Crippen LogP contribution in [0.3, 0.4) is 0 Å². The van der Waals surface area contributed by atoms with E-state index < -0.39 is 5.97 Å².